The van der Waals surface area contributed by atoms with Crippen molar-refractivity contribution in [2.24, 2.45) is 0 Å². The third-order valence-electron chi connectivity index (χ3n) is 3.27. The molecule has 1 aromatic heterocycles. The molecule has 72 valence electrons. The van der Waals surface area contributed by atoms with Gasteiger partial charge in [0.25, 0.3) is 0 Å². The molecular weight excluding hydrogens is 195 g/mol. The second kappa shape index (κ2) is 3.71. The highest BCUT2D eigenvalue weighted by Crippen LogP contribution is 2.60. The van der Waals surface area contributed by atoms with Crippen LogP contribution >= 0.6 is 19.3 Å². The number of hydrogen-bond acceptors (Lipinski definition) is 1. The Bertz CT molecular complexity index is 258. The smallest absolute Gasteiger partial charge is 0.0243 e. The first-order valence-corrected chi connectivity index (χ1v) is 8.09. The lowest BCUT2D eigenvalue weighted by molar-refractivity contribution is 0.652. The average molecular weight is 212 g/mol. The molecule has 0 unspecified atom stereocenters. The zero-order valence-electron chi connectivity index (χ0n) is 8.42. The summed E-state index contributed by atoms with van der Waals surface area (Å²) in [6.07, 6.45) is 5.76. The minimum Gasteiger partial charge on any atom is -0.148 e. The van der Waals surface area contributed by atoms with Gasteiger partial charge in [0.2, 0.25) is 0 Å². The Morgan fingerprint density at radius 2 is 2.00 bits per heavy atom. The highest BCUT2D eigenvalue weighted by Gasteiger charge is 2.38. The van der Waals surface area contributed by atoms with Gasteiger partial charge in [-0.1, -0.05) is 18.9 Å². The SMILES string of the molecule is CP(C)C1(c2cccs2)CCCC1. The Hall–Kier alpha value is 0.130. The van der Waals surface area contributed by atoms with E-state index in [1.807, 2.05) is 11.3 Å². The summed E-state index contributed by atoms with van der Waals surface area (Å²) in [6, 6.07) is 4.55. The summed E-state index contributed by atoms with van der Waals surface area (Å²) < 4.78 is 0. The highest BCUT2D eigenvalue weighted by molar-refractivity contribution is 7.57. The van der Waals surface area contributed by atoms with Crippen LogP contribution in [0.4, 0.5) is 0 Å². The van der Waals surface area contributed by atoms with E-state index < -0.39 is 0 Å². The van der Waals surface area contributed by atoms with Crippen molar-refractivity contribution in [1.29, 1.82) is 0 Å². The molecule has 0 nitrogen and oxygen atoms in total. The van der Waals surface area contributed by atoms with E-state index in [0.29, 0.717) is 5.16 Å². The molecule has 1 heterocycles. The van der Waals surface area contributed by atoms with Gasteiger partial charge in [-0.25, -0.2) is 0 Å². The maximum atomic E-state index is 2.44. The average Bonchev–Trinajstić information content (AvgIpc) is 2.75. The summed E-state index contributed by atoms with van der Waals surface area (Å²) in [6.45, 7) is 4.89. The van der Waals surface area contributed by atoms with Gasteiger partial charge in [0.1, 0.15) is 0 Å². The zero-order valence-corrected chi connectivity index (χ0v) is 10.1. The first kappa shape index (κ1) is 9.68. The van der Waals surface area contributed by atoms with Gasteiger partial charge in [0.05, 0.1) is 0 Å². The standard InChI is InChI=1S/C11H17PS/c1-12(2)11(7-3-4-8-11)10-6-5-9-13-10/h5-6,9H,3-4,7-8H2,1-2H3. The number of thiophene rings is 1. The van der Waals surface area contributed by atoms with Crippen LogP contribution in [-0.2, 0) is 5.16 Å². The van der Waals surface area contributed by atoms with Crippen LogP contribution in [0.1, 0.15) is 30.6 Å². The Morgan fingerprint density at radius 1 is 1.31 bits per heavy atom. The van der Waals surface area contributed by atoms with Crippen molar-refractivity contribution in [2.45, 2.75) is 30.8 Å². The van der Waals surface area contributed by atoms with Gasteiger partial charge >= 0.3 is 0 Å². The van der Waals surface area contributed by atoms with Gasteiger partial charge < -0.3 is 0 Å². The van der Waals surface area contributed by atoms with E-state index in [0.717, 1.165) is 0 Å². The molecule has 1 fully saturated rings. The van der Waals surface area contributed by atoms with Gasteiger partial charge in [-0.3, -0.25) is 0 Å². The van der Waals surface area contributed by atoms with E-state index >= 15 is 0 Å². The first-order valence-electron chi connectivity index (χ1n) is 4.97. The number of rotatable bonds is 2. The van der Waals surface area contributed by atoms with Crippen molar-refractivity contribution in [3.8, 4) is 0 Å². The minimum atomic E-state index is 0.174. The van der Waals surface area contributed by atoms with E-state index in [9.17, 15) is 0 Å². The highest BCUT2D eigenvalue weighted by atomic mass is 32.1. The second-order valence-corrected chi connectivity index (χ2v) is 7.70. The van der Waals surface area contributed by atoms with Crippen LogP contribution in [0.5, 0.6) is 0 Å². The third-order valence-corrected chi connectivity index (χ3v) is 6.89. The van der Waals surface area contributed by atoms with Gasteiger partial charge in [0.15, 0.2) is 0 Å². The molecule has 0 saturated heterocycles. The van der Waals surface area contributed by atoms with Gasteiger partial charge in [-0.05, 0) is 37.6 Å². The van der Waals surface area contributed by atoms with Crippen LogP contribution in [0.2, 0.25) is 0 Å². The predicted molar refractivity (Wildman–Crippen MR) is 63.2 cm³/mol. The minimum absolute atomic E-state index is 0.174. The fraction of sp³-hybridized carbons (Fsp3) is 0.636. The van der Waals surface area contributed by atoms with E-state index in [-0.39, 0.29) is 7.92 Å². The van der Waals surface area contributed by atoms with Crippen molar-refractivity contribution in [3.05, 3.63) is 22.4 Å². The summed E-state index contributed by atoms with van der Waals surface area (Å²) >= 11 is 1.96. The molecule has 0 N–H and O–H groups in total. The van der Waals surface area contributed by atoms with Crippen LogP contribution in [0.15, 0.2) is 17.5 Å². The van der Waals surface area contributed by atoms with Crippen LogP contribution in [0, 0.1) is 0 Å². The van der Waals surface area contributed by atoms with Crippen LogP contribution in [-0.4, -0.2) is 13.3 Å². The lowest BCUT2D eigenvalue weighted by atomic mass is 10.1. The summed E-state index contributed by atoms with van der Waals surface area (Å²) in [5.41, 5.74) is 0. The fourth-order valence-corrected chi connectivity index (χ4v) is 5.73. The molecule has 1 aliphatic carbocycles. The fourth-order valence-electron chi connectivity index (χ4n) is 2.42. The predicted octanol–water partition coefficient (Wildman–Crippen LogP) is 4.26. The van der Waals surface area contributed by atoms with Gasteiger partial charge in [0, 0.05) is 10.0 Å². The summed E-state index contributed by atoms with van der Waals surface area (Å²) in [7, 11) is 0.174. The molecule has 2 rings (SSSR count). The summed E-state index contributed by atoms with van der Waals surface area (Å²) in [4.78, 5) is 1.65. The normalized spacial score (nSPS) is 21.2. The van der Waals surface area contributed by atoms with Crippen molar-refractivity contribution in [3.63, 3.8) is 0 Å². The Labute approximate surface area is 86.1 Å². The molecule has 0 bridgehead atoms. The quantitative estimate of drug-likeness (QED) is 0.642. The Balaban J connectivity index is 2.33. The topological polar surface area (TPSA) is 0 Å². The zero-order chi connectivity index (χ0) is 9.31. The maximum absolute atomic E-state index is 2.44. The van der Waals surface area contributed by atoms with Crippen LogP contribution in [0.3, 0.4) is 0 Å². The molecule has 0 spiro atoms. The molecule has 0 aromatic carbocycles. The van der Waals surface area contributed by atoms with E-state index in [1.165, 1.54) is 25.7 Å². The van der Waals surface area contributed by atoms with Crippen molar-refractivity contribution >= 4 is 19.3 Å². The van der Waals surface area contributed by atoms with Crippen molar-refractivity contribution < 1.29 is 0 Å². The molecule has 1 saturated carbocycles. The molecule has 2 heteroatoms. The molecule has 1 aromatic rings. The maximum Gasteiger partial charge on any atom is 0.0243 e. The summed E-state index contributed by atoms with van der Waals surface area (Å²) in [5.74, 6) is 0. The van der Waals surface area contributed by atoms with Crippen LogP contribution in [0.25, 0.3) is 0 Å². The van der Waals surface area contributed by atoms with Gasteiger partial charge in [-0.2, -0.15) is 0 Å². The Morgan fingerprint density at radius 3 is 2.46 bits per heavy atom. The molecule has 0 amide bonds. The van der Waals surface area contributed by atoms with E-state index in [1.54, 1.807) is 4.88 Å². The van der Waals surface area contributed by atoms with E-state index in [2.05, 4.69) is 30.8 Å². The lowest BCUT2D eigenvalue weighted by Gasteiger charge is -2.32. The Kier molecular flexibility index (Phi) is 2.76. The second-order valence-electron chi connectivity index (χ2n) is 4.11. The number of hydrogen-bond donors (Lipinski definition) is 0. The van der Waals surface area contributed by atoms with Crippen molar-refractivity contribution in [1.82, 2.24) is 0 Å². The monoisotopic (exact) mass is 212 g/mol. The first-order chi connectivity index (χ1) is 6.26. The third kappa shape index (κ3) is 1.57. The van der Waals surface area contributed by atoms with Crippen molar-refractivity contribution in [2.75, 3.05) is 13.3 Å². The van der Waals surface area contributed by atoms with Crippen LogP contribution < -0.4 is 0 Å². The molecule has 0 atom stereocenters. The van der Waals surface area contributed by atoms with Gasteiger partial charge in [-0.15, -0.1) is 19.3 Å². The molecule has 0 aliphatic heterocycles. The molecule has 1 aliphatic rings. The molecule has 13 heavy (non-hydrogen) atoms. The van der Waals surface area contributed by atoms with E-state index in [4.69, 9.17) is 0 Å². The summed E-state index contributed by atoms with van der Waals surface area (Å²) in [5, 5.41) is 2.83. The molecule has 0 radical (unpaired) electrons. The largest absolute Gasteiger partial charge is 0.148 e. The molecular formula is C11H17PS. The lowest BCUT2D eigenvalue weighted by Crippen LogP contribution is -2.17.